The van der Waals surface area contributed by atoms with Crippen LogP contribution in [0, 0.1) is 0 Å². The van der Waals surface area contributed by atoms with Crippen LogP contribution < -0.4 is 20.3 Å². The standard InChI is InChI=1S/C26H27N5O5/c1-4-7-17-12-22(32)29-25(27-17)31-21(13-18(30-31)19-10-6-11-34-19)28-23(33)15-35-20-9-5-8-16-14-26(2,3)36-24(16)20/h5-6,8-13H,4,7,14-15H2,1-3H3,(H,28,33)(H,27,29,32). The summed E-state index contributed by atoms with van der Waals surface area (Å²) >= 11 is 0. The van der Waals surface area contributed by atoms with E-state index in [9.17, 15) is 9.59 Å². The van der Waals surface area contributed by atoms with E-state index in [0.717, 1.165) is 18.4 Å². The minimum Gasteiger partial charge on any atom is -0.483 e. The Balaban J connectivity index is 1.39. The molecule has 0 saturated carbocycles. The van der Waals surface area contributed by atoms with Gasteiger partial charge in [0.15, 0.2) is 23.9 Å². The maximum Gasteiger partial charge on any atom is 0.263 e. The Morgan fingerprint density at radius 2 is 2.11 bits per heavy atom. The van der Waals surface area contributed by atoms with Crippen LogP contribution in [-0.4, -0.2) is 37.9 Å². The van der Waals surface area contributed by atoms with Gasteiger partial charge in [0, 0.05) is 29.8 Å². The molecule has 1 aliphatic rings. The number of anilines is 1. The van der Waals surface area contributed by atoms with Crippen LogP contribution in [0.5, 0.6) is 11.5 Å². The maximum atomic E-state index is 12.9. The van der Waals surface area contributed by atoms with Crippen molar-refractivity contribution in [3.05, 3.63) is 70.3 Å². The third kappa shape index (κ3) is 4.88. The molecule has 4 heterocycles. The fourth-order valence-electron chi connectivity index (χ4n) is 4.18. The largest absolute Gasteiger partial charge is 0.483 e. The number of benzene rings is 1. The molecule has 0 atom stereocenters. The van der Waals surface area contributed by atoms with Gasteiger partial charge in [0.25, 0.3) is 11.5 Å². The van der Waals surface area contributed by atoms with Gasteiger partial charge in [-0.3, -0.25) is 14.6 Å². The Hall–Kier alpha value is -4.34. The smallest absolute Gasteiger partial charge is 0.263 e. The van der Waals surface area contributed by atoms with E-state index < -0.39 is 5.91 Å². The van der Waals surface area contributed by atoms with Crippen LogP contribution in [0.3, 0.4) is 0 Å². The molecule has 0 aliphatic carbocycles. The quantitative estimate of drug-likeness (QED) is 0.385. The van der Waals surface area contributed by atoms with E-state index in [4.69, 9.17) is 13.9 Å². The average molecular weight is 490 g/mol. The molecule has 0 spiro atoms. The number of furan rings is 1. The minimum absolute atomic E-state index is 0.191. The zero-order valence-electron chi connectivity index (χ0n) is 20.3. The second-order valence-electron chi connectivity index (χ2n) is 9.23. The lowest BCUT2D eigenvalue weighted by Crippen LogP contribution is -2.25. The van der Waals surface area contributed by atoms with Crippen LogP contribution in [0.15, 0.2) is 57.9 Å². The lowest BCUT2D eigenvalue weighted by molar-refractivity contribution is -0.118. The summed E-state index contributed by atoms with van der Waals surface area (Å²) in [5.74, 6) is 1.77. The Morgan fingerprint density at radius 3 is 2.89 bits per heavy atom. The molecule has 10 heteroatoms. The van der Waals surface area contributed by atoms with Crippen molar-refractivity contribution in [3.63, 3.8) is 0 Å². The number of hydrogen-bond acceptors (Lipinski definition) is 7. The van der Waals surface area contributed by atoms with E-state index in [1.165, 1.54) is 17.0 Å². The van der Waals surface area contributed by atoms with Crippen LogP contribution in [0.4, 0.5) is 5.82 Å². The molecule has 36 heavy (non-hydrogen) atoms. The number of carbonyl (C=O) groups excluding carboxylic acids is 1. The fourth-order valence-corrected chi connectivity index (χ4v) is 4.18. The average Bonchev–Trinajstić information content (AvgIpc) is 3.55. The van der Waals surface area contributed by atoms with Gasteiger partial charge in [-0.2, -0.15) is 9.78 Å². The van der Waals surface area contributed by atoms with E-state index in [1.807, 2.05) is 32.9 Å². The monoisotopic (exact) mass is 489 g/mol. The van der Waals surface area contributed by atoms with Gasteiger partial charge in [-0.15, -0.1) is 0 Å². The second kappa shape index (κ2) is 9.37. The summed E-state index contributed by atoms with van der Waals surface area (Å²) in [6.45, 7) is 5.77. The van der Waals surface area contributed by atoms with Crippen molar-refractivity contribution in [1.82, 2.24) is 19.7 Å². The van der Waals surface area contributed by atoms with Gasteiger partial charge >= 0.3 is 0 Å². The summed E-state index contributed by atoms with van der Waals surface area (Å²) in [7, 11) is 0. The molecule has 3 aromatic heterocycles. The summed E-state index contributed by atoms with van der Waals surface area (Å²) < 4.78 is 18.7. The number of amides is 1. The molecule has 186 valence electrons. The van der Waals surface area contributed by atoms with Gasteiger partial charge in [-0.05, 0) is 38.5 Å². The van der Waals surface area contributed by atoms with E-state index in [-0.39, 0.29) is 23.7 Å². The molecule has 1 amide bonds. The fraction of sp³-hybridized carbons (Fsp3) is 0.308. The van der Waals surface area contributed by atoms with Gasteiger partial charge < -0.3 is 19.2 Å². The first-order valence-corrected chi connectivity index (χ1v) is 11.8. The van der Waals surface area contributed by atoms with Crippen molar-refractivity contribution in [2.75, 3.05) is 11.9 Å². The number of H-pyrrole nitrogens is 1. The third-order valence-electron chi connectivity index (χ3n) is 5.65. The molecule has 0 bridgehead atoms. The highest BCUT2D eigenvalue weighted by Gasteiger charge is 2.32. The second-order valence-corrected chi connectivity index (χ2v) is 9.23. The number of aromatic amines is 1. The van der Waals surface area contributed by atoms with Crippen LogP contribution in [-0.2, 0) is 17.6 Å². The molecule has 2 N–H and O–H groups in total. The van der Waals surface area contributed by atoms with Crippen LogP contribution >= 0.6 is 0 Å². The molecule has 5 rings (SSSR count). The summed E-state index contributed by atoms with van der Waals surface area (Å²) in [6, 6.07) is 12.2. The molecule has 1 aliphatic heterocycles. The normalized spacial score (nSPS) is 13.8. The predicted molar refractivity (Wildman–Crippen MR) is 133 cm³/mol. The zero-order valence-corrected chi connectivity index (χ0v) is 20.3. The molecule has 1 aromatic carbocycles. The lowest BCUT2D eigenvalue weighted by atomic mass is 10.0. The van der Waals surface area contributed by atoms with E-state index in [2.05, 4.69) is 20.4 Å². The Kier molecular flexibility index (Phi) is 6.09. The third-order valence-corrected chi connectivity index (χ3v) is 5.65. The zero-order chi connectivity index (χ0) is 25.3. The van der Waals surface area contributed by atoms with Crippen molar-refractivity contribution < 1.29 is 18.7 Å². The van der Waals surface area contributed by atoms with Gasteiger partial charge in [-0.1, -0.05) is 25.5 Å². The lowest BCUT2D eigenvalue weighted by Gasteiger charge is -2.18. The highest BCUT2D eigenvalue weighted by Crippen LogP contribution is 2.41. The Labute approximate surface area is 207 Å². The highest BCUT2D eigenvalue weighted by molar-refractivity contribution is 5.91. The Morgan fingerprint density at radius 1 is 1.25 bits per heavy atom. The van der Waals surface area contributed by atoms with Crippen molar-refractivity contribution in [2.24, 2.45) is 0 Å². The number of aryl methyl sites for hydroxylation is 1. The van der Waals surface area contributed by atoms with Crippen molar-refractivity contribution in [2.45, 2.75) is 45.6 Å². The Bertz CT molecular complexity index is 1450. The number of fused-ring (bicyclic) bond motifs is 1. The van der Waals surface area contributed by atoms with Crippen LogP contribution in [0.2, 0.25) is 0 Å². The number of hydrogen-bond donors (Lipinski definition) is 2. The number of para-hydroxylation sites is 1. The molecule has 10 nitrogen and oxygen atoms in total. The molecule has 0 fully saturated rings. The SMILES string of the molecule is CCCc1cc(=O)[nH]c(-n2nc(-c3ccco3)cc2NC(=O)COc2cccc3c2OC(C)(C)C3)n1. The van der Waals surface area contributed by atoms with Gasteiger partial charge in [-0.25, -0.2) is 4.98 Å². The number of nitrogens with zero attached hydrogens (tertiary/aromatic N) is 3. The maximum absolute atomic E-state index is 12.9. The number of nitrogens with one attached hydrogen (secondary N) is 2. The molecule has 4 aromatic rings. The molecule has 0 saturated heterocycles. The molecular weight excluding hydrogens is 462 g/mol. The minimum atomic E-state index is -0.413. The van der Waals surface area contributed by atoms with Gasteiger partial charge in [0.1, 0.15) is 17.1 Å². The first-order valence-electron chi connectivity index (χ1n) is 11.8. The van der Waals surface area contributed by atoms with Crippen molar-refractivity contribution in [1.29, 1.82) is 0 Å². The van der Waals surface area contributed by atoms with Crippen LogP contribution in [0.25, 0.3) is 17.4 Å². The summed E-state index contributed by atoms with van der Waals surface area (Å²) in [4.78, 5) is 32.4. The van der Waals surface area contributed by atoms with E-state index >= 15 is 0 Å². The van der Waals surface area contributed by atoms with Crippen molar-refractivity contribution >= 4 is 11.7 Å². The number of rotatable bonds is 8. The first kappa shape index (κ1) is 23.4. The van der Waals surface area contributed by atoms with E-state index in [1.54, 1.807) is 24.3 Å². The molecular formula is C26H27N5O5. The first-order chi connectivity index (χ1) is 17.3. The number of ether oxygens (including phenoxy) is 2. The van der Waals surface area contributed by atoms with Gasteiger partial charge in [0.2, 0.25) is 5.95 Å². The summed E-state index contributed by atoms with van der Waals surface area (Å²) in [5, 5.41) is 7.32. The number of aromatic nitrogens is 4. The summed E-state index contributed by atoms with van der Waals surface area (Å²) in [5.41, 5.74) is 1.51. The highest BCUT2D eigenvalue weighted by atomic mass is 16.5. The van der Waals surface area contributed by atoms with Crippen LogP contribution in [0.1, 0.15) is 38.4 Å². The predicted octanol–water partition coefficient (Wildman–Crippen LogP) is 3.90. The van der Waals surface area contributed by atoms with Crippen molar-refractivity contribution in [3.8, 4) is 28.9 Å². The molecule has 0 unspecified atom stereocenters. The van der Waals surface area contributed by atoms with E-state index in [0.29, 0.717) is 40.9 Å². The number of carbonyl (C=O) groups is 1. The summed E-state index contributed by atoms with van der Waals surface area (Å²) in [6.07, 6.45) is 3.77. The molecule has 0 radical (unpaired) electrons. The topological polar surface area (TPSA) is 124 Å². The van der Waals surface area contributed by atoms with Gasteiger partial charge in [0.05, 0.1) is 6.26 Å².